The highest BCUT2D eigenvalue weighted by atomic mass is 32.3. The summed E-state index contributed by atoms with van der Waals surface area (Å²) < 4.78 is 26.7. The van der Waals surface area contributed by atoms with Crippen LogP contribution in [0.1, 0.15) is 31.7 Å². The number of nitrogens with zero attached hydrogens (tertiary/aromatic N) is 4. The summed E-state index contributed by atoms with van der Waals surface area (Å²) in [5.74, 6) is 1.46. The number of pyridine rings is 1. The Labute approximate surface area is 200 Å². The Morgan fingerprint density at radius 3 is 2.59 bits per heavy atom. The van der Waals surface area contributed by atoms with Crippen LogP contribution in [0.5, 0.6) is 0 Å². The van der Waals surface area contributed by atoms with Gasteiger partial charge in [-0.05, 0) is 31.9 Å². The van der Waals surface area contributed by atoms with E-state index >= 15 is 0 Å². The van der Waals surface area contributed by atoms with Crippen molar-refractivity contribution >= 4 is 44.3 Å². The molecule has 2 aromatic heterocycles. The molecule has 10 nitrogen and oxygen atoms in total. The lowest BCUT2D eigenvalue weighted by atomic mass is 10.0. The predicted molar refractivity (Wildman–Crippen MR) is 134 cm³/mol. The summed E-state index contributed by atoms with van der Waals surface area (Å²) in [6.45, 7) is 4.83. The first-order valence-electron chi connectivity index (χ1n) is 11.3. The number of ether oxygens (including phenoxy) is 1. The van der Waals surface area contributed by atoms with Gasteiger partial charge in [0, 0.05) is 32.0 Å². The lowest BCUT2D eigenvalue weighted by molar-refractivity contribution is -0.130. The van der Waals surface area contributed by atoms with Crippen LogP contribution in [0.25, 0.3) is 21.9 Å². The topological polar surface area (TPSA) is 147 Å². The third-order valence-electron chi connectivity index (χ3n) is 6.02. The lowest BCUT2D eigenvalue weighted by Crippen LogP contribution is -2.42. The van der Waals surface area contributed by atoms with Gasteiger partial charge in [0.15, 0.2) is 5.82 Å². The summed E-state index contributed by atoms with van der Waals surface area (Å²) in [6.07, 6.45) is 0.871. The van der Waals surface area contributed by atoms with Crippen molar-refractivity contribution in [2.24, 2.45) is 0 Å². The van der Waals surface area contributed by atoms with Gasteiger partial charge in [-0.2, -0.15) is 10.6 Å². The summed E-state index contributed by atoms with van der Waals surface area (Å²) in [6, 6.07) is 5.86. The van der Waals surface area contributed by atoms with Crippen LogP contribution in [0, 0.1) is 0 Å². The van der Waals surface area contributed by atoms with E-state index in [1.165, 1.54) is 0 Å². The lowest BCUT2D eigenvalue weighted by Gasteiger charge is -2.41. The van der Waals surface area contributed by atoms with Crippen LogP contribution in [0.3, 0.4) is 0 Å². The molecule has 1 aliphatic heterocycles. The number of carbonyl (C=O) groups is 1. The number of hydrogen-bond donors (Lipinski definition) is 4. The van der Waals surface area contributed by atoms with Crippen molar-refractivity contribution in [2.75, 3.05) is 37.4 Å². The minimum absolute atomic E-state index is 0.00498. The maximum absolute atomic E-state index is 12.6. The van der Waals surface area contributed by atoms with E-state index in [-0.39, 0.29) is 24.0 Å². The van der Waals surface area contributed by atoms with E-state index in [0.717, 1.165) is 16.5 Å². The van der Waals surface area contributed by atoms with Crippen molar-refractivity contribution < 1.29 is 23.7 Å². The average molecular weight is 492 g/mol. The van der Waals surface area contributed by atoms with E-state index in [0.29, 0.717) is 55.2 Å². The highest BCUT2D eigenvalue weighted by Gasteiger charge is 2.25. The molecule has 186 valence electrons. The summed E-state index contributed by atoms with van der Waals surface area (Å²) in [5.41, 5.74) is 8.32. The Balaban J connectivity index is 1.62. The Bertz CT molecular complexity index is 1210. The van der Waals surface area contributed by atoms with E-state index in [4.69, 9.17) is 10.5 Å². The minimum atomic E-state index is -2.52. The van der Waals surface area contributed by atoms with Gasteiger partial charge >= 0.3 is 0 Å². The molecule has 1 aromatic carbocycles. The van der Waals surface area contributed by atoms with Gasteiger partial charge in [-0.25, -0.2) is 9.97 Å². The smallest absolute Gasteiger partial charge is 0.223 e. The zero-order chi connectivity index (χ0) is 24.7. The van der Waals surface area contributed by atoms with E-state index in [1.54, 1.807) is 25.9 Å². The molecule has 1 aliphatic rings. The van der Waals surface area contributed by atoms with Gasteiger partial charge < -0.3 is 25.0 Å². The SMILES string of the molecule is COCc1nc2c(N)nc3cc(CCC(=O)N4CCS(O)(O)CC4)ccc3c2n1CC(C)(C)O. The molecule has 4 rings (SSSR count). The van der Waals surface area contributed by atoms with Crippen molar-refractivity contribution in [3.8, 4) is 0 Å². The van der Waals surface area contributed by atoms with Crippen LogP contribution < -0.4 is 5.73 Å². The molecule has 3 aromatic rings. The molecule has 11 heteroatoms. The predicted octanol–water partition coefficient (Wildman–Crippen LogP) is 2.61. The first-order valence-corrected chi connectivity index (χ1v) is 13.2. The normalized spacial score (nSPS) is 17.4. The molecule has 1 fully saturated rings. The first-order chi connectivity index (χ1) is 16.0. The number of fused-ring (bicyclic) bond motifs is 3. The highest BCUT2D eigenvalue weighted by Crippen LogP contribution is 2.40. The molecule has 0 aliphatic carbocycles. The van der Waals surface area contributed by atoms with Crippen LogP contribution in [-0.4, -0.2) is 76.9 Å². The zero-order valence-corrected chi connectivity index (χ0v) is 20.6. The number of benzene rings is 1. The van der Waals surface area contributed by atoms with Gasteiger partial charge in [0.25, 0.3) is 0 Å². The molecule has 0 atom stereocenters. The Hall–Kier alpha value is -2.44. The number of hydrogen-bond acceptors (Lipinski definition) is 8. The number of anilines is 1. The van der Waals surface area contributed by atoms with Crippen LogP contribution in [0.15, 0.2) is 18.2 Å². The molecule has 0 spiro atoms. The molecule has 5 N–H and O–H groups in total. The molecule has 1 saturated heterocycles. The number of methoxy groups -OCH3 is 1. The van der Waals surface area contributed by atoms with Crippen molar-refractivity contribution in [1.82, 2.24) is 19.4 Å². The van der Waals surface area contributed by atoms with Crippen LogP contribution in [0.2, 0.25) is 0 Å². The number of aromatic nitrogens is 3. The number of imidazole rings is 1. The van der Waals surface area contributed by atoms with Gasteiger partial charge in [0.2, 0.25) is 5.91 Å². The highest BCUT2D eigenvalue weighted by molar-refractivity contribution is 8.24. The zero-order valence-electron chi connectivity index (χ0n) is 19.8. The molecular formula is C23H33N5O5S. The summed E-state index contributed by atoms with van der Waals surface area (Å²) in [7, 11) is -0.931. The fourth-order valence-electron chi connectivity index (χ4n) is 4.34. The number of amides is 1. The van der Waals surface area contributed by atoms with Gasteiger partial charge in [-0.15, -0.1) is 0 Å². The molecular weight excluding hydrogens is 458 g/mol. The van der Waals surface area contributed by atoms with Gasteiger partial charge in [-0.3, -0.25) is 13.9 Å². The standard InChI is InChI=1S/C23H33N5O5S/c1-23(2,30)14-28-18(13-33-3)26-20-21(28)16-6-4-15(12-17(16)25-22(20)24)5-7-19(29)27-8-10-34(31,32)11-9-27/h4,6,12,30-32H,5,7-11,13-14H2,1-3H3,(H2,24,25). The van der Waals surface area contributed by atoms with Crippen molar-refractivity contribution in [3.63, 3.8) is 0 Å². The second-order valence-electron chi connectivity index (χ2n) is 9.50. The molecule has 0 radical (unpaired) electrons. The Kier molecular flexibility index (Phi) is 6.76. The summed E-state index contributed by atoms with van der Waals surface area (Å²) >= 11 is 0. The van der Waals surface area contributed by atoms with Crippen molar-refractivity contribution in [2.45, 2.75) is 45.4 Å². The van der Waals surface area contributed by atoms with Gasteiger partial charge in [0.1, 0.15) is 17.9 Å². The number of aryl methyl sites for hydroxylation is 1. The second kappa shape index (κ2) is 9.31. The monoisotopic (exact) mass is 491 g/mol. The number of nitrogens with two attached hydrogens (primary N) is 1. The minimum Gasteiger partial charge on any atom is -0.389 e. The molecule has 0 unspecified atom stereocenters. The molecule has 0 bridgehead atoms. The average Bonchev–Trinajstić information content (AvgIpc) is 3.09. The third kappa shape index (κ3) is 5.28. The Morgan fingerprint density at radius 2 is 1.94 bits per heavy atom. The van der Waals surface area contributed by atoms with Gasteiger partial charge in [0.05, 0.1) is 34.7 Å². The summed E-state index contributed by atoms with van der Waals surface area (Å²) in [5, 5.41) is 11.3. The van der Waals surface area contributed by atoms with Gasteiger partial charge in [-0.1, -0.05) is 12.1 Å². The third-order valence-corrected chi connectivity index (χ3v) is 7.70. The van der Waals surface area contributed by atoms with E-state index in [2.05, 4.69) is 9.97 Å². The second-order valence-corrected chi connectivity index (χ2v) is 11.9. The van der Waals surface area contributed by atoms with Crippen molar-refractivity contribution in [1.29, 1.82) is 0 Å². The van der Waals surface area contributed by atoms with Crippen LogP contribution in [-0.2, 0) is 29.1 Å². The number of aliphatic hydroxyl groups is 1. The first kappa shape index (κ1) is 24.7. The maximum Gasteiger partial charge on any atom is 0.223 e. The molecule has 1 amide bonds. The quantitative estimate of drug-likeness (QED) is 0.394. The molecule has 34 heavy (non-hydrogen) atoms. The summed E-state index contributed by atoms with van der Waals surface area (Å²) in [4.78, 5) is 23.5. The maximum atomic E-state index is 12.6. The van der Waals surface area contributed by atoms with Crippen molar-refractivity contribution in [3.05, 3.63) is 29.6 Å². The number of nitrogen functional groups attached to an aromatic ring is 1. The van der Waals surface area contributed by atoms with Crippen LogP contribution in [0.4, 0.5) is 5.82 Å². The molecule has 0 saturated carbocycles. The fraction of sp³-hybridized carbons (Fsp3) is 0.522. The Morgan fingerprint density at radius 1 is 1.24 bits per heavy atom. The fourth-order valence-corrected chi connectivity index (χ4v) is 5.57. The van der Waals surface area contributed by atoms with E-state index in [1.807, 2.05) is 22.8 Å². The van der Waals surface area contributed by atoms with Crippen LogP contribution >= 0.6 is 10.6 Å². The largest absolute Gasteiger partial charge is 0.389 e. The number of rotatable bonds is 7. The van der Waals surface area contributed by atoms with E-state index < -0.39 is 16.2 Å². The van der Waals surface area contributed by atoms with E-state index in [9.17, 15) is 19.0 Å². The number of carbonyl (C=O) groups excluding carboxylic acids is 1. The molecule has 3 heterocycles.